The lowest BCUT2D eigenvalue weighted by molar-refractivity contribution is -0.116. The molecule has 3 aromatic heterocycles. The molecule has 0 radical (unpaired) electrons. The van der Waals surface area contributed by atoms with Crippen LogP contribution in [0.1, 0.15) is 25.0 Å². The number of carbonyl (C=O) groups excluding carboxylic acids is 1. The fourth-order valence-corrected chi connectivity index (χ4v) is 4.25. The summed E-state index contributed by atoms with van der Waals surface area (Å²) in [6.45, 7) is 2.57. The molecule has 1 fully saturated rings. The fraction of sp³-hybridized carbons (Fsp3) is 0.417. The van der Waals surface area contributed by atoms with Gasteiger partial charge in [0.05, 0.1) is 30.2 Å². The number of anilines is 1. The molecule has 0 saturated carbocycles. The van der Waals surface area contributed by atoms with Crippen molar-refractivity contribution >= 4 is 22.6 Å². The van der Waals surface area contributed by atoms with Crippen LogP contribution in [0.15, 0.2) is 36.7 Å². The number of carbonyl (C=O) groups is 1. The number of fused-ring (bicyclic) bond motifs is 2. The molecule has 0 bridgehead atoms. The van der Waals surface area contributed by atoms with Gasteiger partial charge in [0.25, 0.3) is 0 Å². The Kier molecular flexibility index (Phi) is 6.68. The Bertz CT molecular complexity index is 1170. The van der Waals surface area contributed by atoms with E-state index < -0.39 is 0 Å². The molecule has 0 aromatic carbocycles. The number of hydrogen-bond acceptors (Lipinski definition) is 9. The third-order valence-electron chi connectivity index (χ3n) is 6.05. The van der Waals surface area contributed by atoms with Gasteiger partial charge in [-0.15, -0.1) is 0 Å². The van der Waals surface area contributed by atoms with E-state index >= 15 is 0 Å². The molecular formula is C24H28N6O4. The van der Waals surface area contributed by atoms with Crippen LogP contribution >= 0.6 is 0 Å². The minimum Gasteiger partial charge on any atom is -0.486 e. The molecule has 2 aliphatic rings. The Morgan fingerprint density at radius 2 is 2.06 bits per heavy atom. The van der Waals surface area contributed by atoms with E-state index in [0.29, 0.717) is 60.6 Å². The maximum Gasteiger partial charge on any atom is 0.225 e. The van der Waals surface area contributed by atoms with E-state index in [1.807, 2.05) is 12.1 Å². The average Bonchev–Trinajstić information content (AvgIpc) is 2.88. The summed E-state index contributed by atoms with van der Waals surface area (Å²) >= 11 is 0. The first-order valence-corrected chi connectivity index (χ1v) is 11.5. The minimum absolute atomic E-state index is 0.0542. The predicted molar refractivity (Wildman–Crippen MR) is 126 cm³/mol. The summed E-state index contributed by atoms with van der Waals surface area (Å²) in [4.78, 5) is 25.9. The van der Waals surface area contributed by atoms with E-state index in [1.54, 1.807) is 31.6 Å². The molecule has 10 nitrogen and oxygen atoms in total. The third kappa shape index (κ3) is 5.18. The van der Waals surface area contributed by atoms with E-state index in [2.05, 4.69) is 30.9 Å². The number of rotatable bonds is 7. The average molecular weight is 465 g/mol. The lowest BCUT2D eigenvalue weighted by atomic mass is 9.98. The van der Waals surface area contributed by atoms with Crippen LogP contribution in [0.5, 0.6) is 17.4 Å². The lowest BCUT2D eigenvalue weighted by Crippen LogP contribution is -2.48. The number of nitrogens with zero attached hydrogens (tertiary/aromatic N) is 3. The Balaban J connectivity index is 1.10. The highest BCUT2D eigenvalue weighted by Crippen LogP contribution is 2.29. The maximum absolute atomic E-state index is 12.7. The van der Waals surface area contributed by atoms with E-state index in [0.717, 1.165) is 30.8 Å². The van der Waals surface area contributed by atoms with E-state index in [1.165, 1.54) is 0 Å². The molecule has 0 spiro atoms. The van der Waals surface area contributed by atoms with Crippen molar-refractivity contribution in [1.82, 2.24) is 25.6 Å². The zero-order chi connectivity index (χ0) is 23.3. The van der Waals surface area contributed by atoms with Crippen LogP contribution in [-0.4, -0.2) is 59.8 Å². The molecule has 3 N–H and O–H groups in total. The first-order chi connectivity index (χ1) is 16.7. The zero-order valence-corrected chi connectivity index (χ0v) is 19.0. The number of ether oxygens (including phenoxy) is 3. The number of aromatic nitrogens is 3. The van der Waals surface area contributed by atoms with Crippen molar-refractivity contribution in [2.24, 2.45) is 0 Å². The fourth-order valence-electron chi connectivity index (χ4n) is 4.25. The van der Waals surface area contributed by atoms with E-state index in [4.69, 9.17) is 14.2 Å². The molecule has 3 aromatic rings. The van der Waals surface area contributed by atoms with Gasteiger partial charge in [-0.3, -0.25) is 14.8 Å². The van der Waals surface area contributed by atoms with E-state index in [-0.39, 0.29) is 11.9 Å². The van der Waals surface area contributed by atoms with Crippen molar-refractivity contribution in [3.8, 4) is 17.4 Å². The van der Waals surface area contributed by atoms with Gasteiger partial charge in [-0.05, 0) is 25.0 Å². The van der Waals surface area contributed by atoms with Crippen molar-refractivity contribution in [2.75, 3.05) is 32.2 Å². The molecule has 0 unspecified atom stereocenters. The number of piperidine rings is 1. The maximum atomic E-state index is 12.7. The van der Waals surface area contributed by atoms with Crippen LogP contribution in [0.25, 0.3) is 11.0 Å². The molecule has 5 heterocycles. The Labute approximate surface area is 197 Å². The van der Waals surface area contributed by atoms with Crippen LogP contribution in [-0.2, 0) is 11.3 Å². The predicted octanol–water partition coefficient (Wildman–Crippen LogP) is 2.04. The summed E-state index contributed by atoms with van der Waals surface area (Å²) in [7, 11) is 1.56. The monoisotopic (exact) mass is 464 g/mol. The van der Waals surface area contributed by atoms with Gasteiger partial charge in [0.1, 0.15) is 18.7 Å². The number of hydrogen-bond donors (Lipinski definition) is 3. The summed E-state index contributed by atoms with van der Waals surface area (Å²) in [6.07, 6.45) is 5.66. The SMILES string of the molecule is COc1ccc2nccc(NC(=O)C[C@@H]3CC[C@@H](NCc4cc5c(cn4)OCCO5)CN3)c2n1. The molecule has 5 rings (SSSR count). The topological polar surface area (TPSA) is 120 Å². The van der Waals surface area contributed by atoms with Crippen molar-refractivity contribution in [3.63, 3.8) is 0 Å². The Morgan fingerprint density at radius 3 is 2.88 bits per heavy atom. The molecule has 2 atom stereocenters. The van der Waals surface area contributed by atoms with E-state index in [9.17, 15) is 4.79 Å². The summed E-state index contributed by atoms with van der Waals surface area (Å²) in [5.41, 5.74) is 2.87. The summed E-state index contributed by atoms with van der Waals surface area (Å²) in [5.74, 6) is 1.88. The normalized spacial score (nSPS) is 19.6. The molecule has 1 amide bonds. The van der Waals surface area contributed by atoms with Crippen LogP contribution in [0.3, 0.4) is 0 Å². The second-order valence-corrected chi connectivity index (χ2v) is 8.41. The van der Waals surface area contributed by atoms with Gasteiger partial charge in [-0.1, -0.05) is 0 Å². The molecule has 0 aliphatic carbocycles. The number of pyridine rings is 3. The second-order valence-electron chi connectivity index (χ2n) is 8.41. The molecule has 2 aliphatic heterocycles. The number of amides is 1. The summed E-state index contributed by atoms with van der Waals surface area (Å²) in [6, 6.07) is 7.70. The molecule has 34 heavy (non-hydrogen) atoms. The third-order valence-corrected chi connectivity index (χ3v) is 6.05. The first kappa shape index (κ1) is 22.3. The van der Waals surface area contributed by atoms with Crippen molar-refractivity contribution in [3.05, 3.63) is 42.4 Å². The smallest absolute Gasteiger partial charge is 0.225 e. The van der Waals surface area contributed by atoms with Crippen LogP contribution in [0, 0.1) is 0 Å². The highest BCUT2D eigenvalue weighted by atomic mass is 16.6. The van der Waals surface area contributed by atoms with Gasteiger partial charge in [-0.2, -0.15) is 0 Å². The van der Waals surface area contributed by atoms with Crippen LogP contribution < -0.4 is 30.2 Å². The molecule has 10 heteroatoms. The van der Waals surface area contributed by atoms with Crippen molar-refractivity contribution in [1.29, 1.82) is 0 Å². The number of methoxy groups -OCH3 is 1. The molecule has 1 saturated heterocycles. The highest BCUT2D eigenvalue weighted by molar-refractivity contribution is 5.99. The molecular weight excluding hydrogens is 436 g/mol. The quantitative estimate of drug-likeness (QED) is 0.482. The van der Waals surface area contributed by atoms with Gasteiger partial charge in [0.2, 0.25) is 11.8 Å². The van der Waals surface area contributed by atoms with Gasteiger partial charge in [0, 0.05) is 49.9 Å². The summed E-state index contributed by atoms with van der Waals surface area (Å²) in [5, 5.41) is 10.0. The zero-order valence-electron chi connectivity index (χ0n) is 19.0. The minimum atomic E-state index is -0.0542. The first-order valence-electron chi connectivity index (χ1n) is 11.5. The standard InChI is InChI=1S/C24H28N6O4/c1-32-23-5-4-18-24(30-23)19(6-7-25-18)29-22(31)11-15-2-3-16(12-26-15)27-13-17-10-20-21(14-28-17)34-9-8-33-20/h4-7,10,14-16,26-27H,2-3,8-9,11-13H2,1H3,(H,25,29,31)/t15-,16+/m0/s1. The summed E-state index contributed by atoms with van der Waals surface area (Å²) < 4.78 is 16.4. The largest absolute Gasteiger partial charge is 0.486 e. The van der Waals surface area contributed by atoms with Crippen molar-refractivity contribution < 1.29 is 19.0 Å². The lowest BCUT2D eigenvalue weighted by Gasteiger charge is -2.30. The van der Waals surface area contributed by atoms with Gasteiger partial charge in [0.15, 0.2) is 11.5 Å². The van der Waals surface area contributed by atoms with Crippen molar-refractivity contribution in [2.45, 2.75) is 37.9 Å². The second kappa shape index (κ2) is 10.2. The number of nitrogens with one attached hydrogen (secondary N) is 3. The Hall–Kier alpha value is -3.50. The Morgan fingerprint density at radius 1 is 1.18 bits per heavy atom. The van der Waals surface area contributed by atoms with Gasteiger partial charge in [-0.25, -0.2) is 4.98 Å². The van der Waals surface area contributed by atoms with Gasteiger partial charge >= 0.3 is 0 Å². The highest BCUT2D eigenvalue weighted by Gasteiger charge is 2.23. The molecule has 178 valence electrons. The van der Waals surface area contributed by atoms with Crippen LogP contribution in [0.4, 0.5) is 5.69 Å². The van der Waals surface area contributed by atoms with Crippen LogP contribution in [0.2, 0.25) is 0 Å². The van der Waals surface area contributed by atoms with Gasteiger partial charge < -0.3 is 30.2 Å².